The molecule has 1 rings (SSSR count). The highest BCUT2D eigenvalue weighted by molar-refractivity contribution is 5.97. The van der Waals surface area contributed by atoms with Crippen LogP contribution < -0.4 is 11.1 Å². The Morgan fingerprint density at radius 1 is 1.59 bits per heavy atom. The molecule has 1 unspecified atom stereocenters. The number of terminal acetylenes is 1. The first kappa shape index (κ1) is 13.1. The molecule has 4 N–H and O–H groups in total. The summed E-state index contributed by atoms with van der Waals surface area (Å²) in [5, 5.41) is 9.47. The summed E-state index contributed by atoms with van der Waals surface area (Å²) in [6.07, 6.45) is 5.65. The molecular formula is C12H18N4O. The van der Waals surface area contributed by atoms with Crippen molar-refractivity contribution < 1.29 is 4.79 Å². The SMILES string of the molecule is C#CCC(C)NC(=O)c1n[nH]c(C(C)C)c1N. The van der Waals surface area contributed by atoms with Crippen molar-refractivity contribution in [2.45, 2.75) is 39.2 Å². The third-order valence-corrected chi connectivity index (χ3v) is 2.43. The predicted molar refractivity (Wildman–Crippen MR) is 67.5 cm³/mol. The van der Waals surface area contributed by atoms with Crippen molar-refractivity contribution in [3.63, 3.8) is 0 Å². The summed E-state index contributed by atoms with van der Waals surface area (Å²) in [5.74, 6) is 2.39. The fraction of sp³-hybridized carbons (Fsp3) is 0.500. The number of hydrogen-bond donors (Lipinski definition) is 3. The molecule has 0 fully saturated rings. The maximum absolute atomic E-state index is 11.8. The van der Waals surface area contributed by atoms with E-state index >= 15 is 0 Å². The van der Waals surface area contributed by atoms with Crippen molar-refractivity contribution in [3.8, 4) is 12.3 Å². The summed E-state index contributed by atoms with van der Waals surface area (Å²) in [5.41, 5.74) is 7.28. The van der Waals surface area contributed by atoms with Crippen LogP contribution in [0.5, 0.6) is 0 Å². The number of nitrogens with one attached hydrogen (secondary N) is 2. The number of amides is 1. The molecule has 0 aliphatic rings. The molecule has 0 bridgehead atoms. The summed E-state index contributed by atoms with van der Waals surface area (Å²) in [7, 11) is 0. The molecule has 1 atom stereocenters. The average molecular weight is 234 g/mol. The molecule has 0 radical (unpaired) electrons. The normalized spacial score (nSPS) is 12.2. The number of rotatable bonds is 4. The van der Waals surface area contributed by atoms with Gasteiger partial charge in [0.15, 0.2) is 5.69 Å². The Morgan fingerprint density at radius 2 is 2.24 bits per heavy atom. The number of nitrogens with two attached hydrogens (primary N) is 1. The van der Waals surface area contributed by atoms with Crippen molar-refractivity contribution in [2.75, 3.05) is 5.73 Å². The van der Waals surface area contributed by atoms with Gasteiger partial charge in [0.05, 0.1) is 11.4 Å². The molecule has 0 aromatic carbocycles. The highest BCUT2D eigenvalue weighted by Gasteiger charge is 2.19. The lowest BCUT2D eigenvalue weighted by Crippen LogP contribution is -2.32. The Morgan fingerprint density at radius 3 is 2.71 bits per heavy atom. The summed E-state index contributed by atoms with van der Waals surface area (Å²) in [6.45, 7) is 5.79. The Bertz CT molecular complexity index is 442. The van der Waals surface area contributed by atoms with E-state index in [4.69, 9.17) is 12.2 Å². The maximum Gasteiger partial charge on any atom is 0.274 e. The van der Waals surface area contributed by atoms with Crippen molar-refractivity contribution >= 4 is 11.6 Å². The smallest absolute Gasteiger partial charge is 0.274 e. The van der Waals surface area contributed by atoms with Gasteiger partial charge in [-0.2, -0.15) is 5.10 Å². The number of H-pyrrole nitrogens is 1. The molecule has 5 heteroatoms. The third kappa shape index (κ3) is 3.00. The zero-order valence-electron chi connectivity index (χ0n) is 10.4. The van der Waals surface area contributed by atoms with Gasteiger partial charge in [-0.25, -0.2) is 0 Å². The Kier molecular flexibility index (Phi) is 4.16. The van der Waals surface area contributed by atoms with Crippen molar-refractivity contribution in [1.29, 1.82) is 0 Å². The second-order valence-electron chi connectivity index (χ2n) is 4.34. The quantitative estimate of drug-likeness (QED) is 0.686. The summed E-state index contributed by atoms with van der Waals surface area (Å²) in [4.78, 5) is 11.8. The molecule has 1 amide bonds. The zero-order valence-corrected chi connectivity index (χ0v) is 10.4. The molecule has 0 aliphatic heterocycles. The average Bonchev–Trinajstić information content (AvgIpc) is 2.60. The Balaban J connectivity index is 2.80. The van der Waals surface area contributed by atoms with Gasteiger partial charge in [0.25, 0.3) is 5.91 Å². The molecule has 92 valence electrons. The van der Waals surface area contributed by atoms with Gasteiger partial charge in [0.1, 0.15) is 0 Å². The van der Waals surface area contributed by atoms with Gasteiger partial charge in [-0.05, 0) is 12.8 Å². The molecule has 17 heavy (non-hydrogen) atoms. The Hall–Kier alpha value is -1.96. The van der Waals surface area contributed by atoms with Crippen molar-refractivity contribution in [2.24, 2.45) is 0 Å². The Labute approximate surface area is 101 Å². The molecule has 0 spiro atoms. The van der Waals surface area contributed by atoms with Crippen LogP contribution in [0.15, 0.2) is 0 Å². The van der Waals surface area contributed by atoms with Crippen LogP contribution in [0.25, 0.3) is 0 Å². The zero-order chi connectivity index (χ0) is 13.0. The minimum absolute atomic E-state index is 0.0916. The fourth-order valence-corrected chi connectivity index (χ4v) is 1.50. The summed E-state index contributed by atoms with van der Waals surface area (Å²) >= 11 is 0. The first-order chi connectivity index (χ1) is 7.97. The third-order valence-electron chi connectivity index (χ3n) is 2.43. The minimum atomic E-state index is -0.298. The number of aromatic nitrogens is 2. The van der Waals surface area contributed by atoms with Gasteiger partial charge in [-0.3, -0.25) is 9.89 Å². The number of nitrogens with zero attached hydrogens (tertiary/aromatic N) is 1. The second kappa shape index (κ2) is 5.39. The number of nitrogen functional groups attached to an aromatic ring is 1. The summed E-state index contributed by atoms with van der Waals surface area (Å²) < 4.78 is 0. The number of aromatic amines is 1. The molecule has 0 saturated heterocycles. The first-order valence-electron chi connectivity index (χ1n) is 5.55. The van der Waals surface area contributed by atoms with E-state index in [0.29, 0.717) is 12.1 Å². The fourth-order valence-electron chi connectivity index (χ4n) is 1.50. The van der Waals surface area contributed by atoms with Crippen LogP contribution in [0.2, 0.25) is 0 Å². The van der Waals surface area contributed by atoms with E-state index in [0.717, 1.165) is 5.69 Å². The van der Waals surface area contributed by atoms with Gasteiger partial charge < -0.3 is 11.1 Å². The molecule has 5 nitrogen and oxygen atoms in total. The van der Waals surface area contributed by atoms with Gasteiger partial charge in [-0.15, -0.1) is 12.3 Å². The van der Waals surface area contributed by atoms with Crippen LogP contribution in [0.1, 0.15) is 49.3 Å². The van der Waals surface area contributed by atoms with E-state index in [9.17, 15) is 4.79 Å². The number of carbonyl (C=O) groups is 1. The second-order valence-corrected chi connectivity index (χ2v) is 4.34. The lowest BCUT2D eigenvalue weighted by Gasteiger charge is -2.09. The molecule has 1 aromatic heterocycles. The van der Waals surface area contributed by atoms with Crippen LogP contribution in [0.4, 0.5) is 5.69 Å². The van der Waals surface area contributed by atoms with Gasteiger partial charge >= 0.3 is 0 Å². The highest BCUT2D eigenvalue weighted by atomic mass is 16.2. The van der Waals surface area contributed by atoms with Crippen LogP contribution in [0.3, 0.4) is 0 Å². The lowest BCUT2D eigenvalue weighted by molar-refractivity contribution is 0.0936. The molecule has 1 aromatic rings. The van der Waals surface area contributed by atoms with E-state index in [1.165, 1.54) is 0 Å². The molecule has 1 heterocycles. The standard InChI is InChI=1S/C12H18N4O/c1-5-6-8(4)14-12(17)11-9(13)10(7(2)3)15-16-11/h1,7-8H,6,13H2,2-4H3,(H,14,17)(H,15,16). The van der Waals surface area contributed by atoms with Crippen LogP contribution in [-0.4, -0.2) is 22.1 Å². The maximum atomic E-state index is 11.8. The van der Waals surface area contributed by atoms with E-state index in [2.05, 4.69) is 21.4 Å². The minimum Gasteiger partial charge on any atom is -0.395 e. The summed E-state index contributed by atoms with van der Waals surface area (Å²) in [6, 6.07) is -0.0916. The van der Waals surface area contributed by atoms with Gasteiger partial charge in [-0.1, -0.05) is 13.8 Å². The van der Waals surface area contributed by atoms with Crippen LogP contribution in [0, 0.1) is 12.3 Å². The van der Waals surface area contributed by atoms with E-state index in [1.54, 1.807) is 0 Å². The van der Waals surface area contributed by atoms with E-state index in [-0.39, 0.29) is 23.6 Å². The molecular weight excluding hydrogens is 216 g/mol. The monoisotopic (exact) mass is 234 g/mol. The van der Waals surface area contributed by atoms with Crippen LogP contribution >= 0.6 is 0 Å². The van der Waals surface area contributed by atoms with Crippen molar-refractivity contribution in [3.05, 3.63) is 11.4 Å². The number of carbonyl (C=O) groups excluding carboxylic acids is 1. The van der Waals surface area contributed by atoms with Gasteiger partial charge in [0, 0.05) is 12.5 Å². The first-order valence-corrected chi connectivity index (χ1v) is 5.55. The van der Waals surface area contributed by atoms with Crippen LogP contribution in [-0.2, 0) is 0 Å². The highest BCUT2D eigenvalue weighted by Crippen LogP contribution is 2.21. The van der Waals surface area contributed by atoms with E-state index in [1.807, 2.05) is 20.8 Å². The predicted octanol–water partition coefficient (Wildman–Crippen LogP) is 1.26. The lowest BCUT2D eigenvalue weighted by atomic mass is 10.1. The largest absolute Gasteiger partial charge is 0.395 e. The van der Waals surface area contributed by atoms with Crippen molar-refractivity contribution in [1.82, 2.24) is 15.5 Å². The molecule has 0 saturated carbocycles. The number of hydrogen-bond acceptors (Lipinski definition) is 3. The number of anilines is 1. The van der Waals surface area contributed by atoms with E-state index < -0.39 is 0 Å². The van der Waals surface area contributed by atoms with Gasteiger partial charge in [0.2, 0.25) is 0 Å². The topological polar surface area (TPSA) is 83.8 Å². The molecule has 0 aliphatic carbocycles.